The molecule has 2 aromatic carbocycles. The average Bonchev–Trinajstić information content (AvgIpc) is 2.34. The van der Waals surface area contributed by atoms with Crippen LogP contribution in [-0.2, 0) is 6.61 Å². The molecule has 0 bridgehead atoms. The molecule has 18 heavy (non-hydrogen) atoms. The van der Waals surface area contributed by atoms with Crippen molar-refractivity contribution in [3.8, 4) is 5.75 Å². The van der Waals surface area contributed by atoms with E-state index in [1.807, 2.05) is 0 Å². The normalized spacial score (nSPS) is 10.4. The number of ether oxygens (including phenoxy) is 1. The summed E-state index contributed by atoms with van der Waals surface area (Å²) in [6.45, 7) is 0.0350. The van der Waals surface area contributed by atoms with Crippen molar-refractivity contribution >= 4 is 31.9 Å². The predicted octanol–water partition coefficient (Wildman–Crippen LogP) is 5.07. The van der Waals surface area contributed by atoms with Crippen LogP contribution >= 0.6 is 31.9 Å². The molecule has 2 rings (SSSR count). The minimum Gasteiger partial charge on any atom is -0.488 e. The van der Waals surface area contributed by atoms with Crippen molar-refractivity contribution < 1.29 is 13.5 Å². The van der Waals surface area contributed by atoms with Gasteiger partial charge in [0.05, 0.1) is 4.47 Å². The maximum Gasteiger partial charge on any atom is 0.136 e. The molecule has 0 heterocycles. The van der Waals surface area contributed by atoms with Gasteiger partial charge in [0, 0.05) is 16.1 Å². The molecule has 5 heteroatoms. The van der Waals surface area contributed by atoms with Crippen molar-refractivity contribution in [3.63, 3.8) is 0 Å². The fourth-order valence-corrected chi connectivity index (χ4v) is 2.17. The molecule has 0 unspecified atom stereocenters. The van der Waals surface area contributed by atoms with Crippen LogP contribution in [0.25, 0.3) is 0 Å². The van der Waals surface area contributed by atoms with Crippen LogP contribution < -0.4 is 4.74 Å². The number of rotatable bonds is 3. The molecule has 1 nitrogen and oxygen atoms in total. The number of hydrogen-bond donors (Lipinski definition) is 0. The molecule has 0 spiro atoms. The van der Waals surface area contributed by atoms with E-state index < -0.39 is 5.82 Å². The Morgan fingerprint density at radius 2 is 1.78 bits per heavy atom. The van der Waals surface area contributed by atoms with E-state index in [1.54, 1.807) is 18.2 Å². The van der Waals surface area contributed by atoms with Crippen LogP contribution in [0.15, 0.2) is 45.3 Å². The maximum absolute atomic E-state index is 13.5. The topological polar surface area (TPSA) is 9.23 Å². The minimum absolute atomic E-state index is 0.0350. The van der Waals surface area contributed by atoms with Crippen molar-refractivity contribution in [2.75, 3.05) is 0 Å². The SMILES string of the molecule is Fc1ccc(Br)c(OCc2cc(Br)ccc2F)c1. The van der Waals surface area contributed by atoms with Gasteiger partial charge in [0.25, 0.3) is 0 Å². The van der Waals surface area contributed by atoms with Crippen LogP contribution in [0, 0.1) is 11.6 Å². The molecule has 0 atom stereocenters. The highest BCUT2D eigenvalue weighted by molar-refractivity contribution is 9.10. The van der Waals surface area contributed by atoms with Crippen molar-refractivity contribution in [2.24, 2.45) is 0 Å². The monoisotopic (exact) mass is 376 g/mol. The van der Waals surface area contributed by atoms with Crippen LogP contribution in [-0.4, -0.2) is 0 Å². The minimum atomic E-state index is -0.400. The van der Waals surface area contributed by atoms with E-state index in [4.69, 9.17) is 4.74 Å². The van der Waals surface area contributed by atoms with Gasteiger partial charge in [-0.3, -0.25) is 0 Å². The van der Waals surface area contributed by atoms with Crippen LogP contribution in [0.1, 0.15) is 5.56 Å². The fourth-order valence-electron chi connectivity index (χ4n) is 1.40. The van der Waals surface area contributed by atoms with E-state index >= 15 is 0 Å². The first-order valence-electron chi connectivity index (χ1n) is 5.08. The fraction of sp³-hybridized carbons (Fsp3) is 0.0769. The van der Waals surface area contributed by atoms with E-state index in [0.717, 1.165) is 4.47 Å². The first-order chi connectivity index (χ1) is 8.56. The maximum atomic E-state index is 13.5. The van der Waals surface area contributed by atoms with Crippen LogP contribution in [0.2, 0.25) is 0 Å². The van der Waals surface area contributed by atoms with E-state index in [-0.39, 0.29) is 12.4 Å². The molecule has 94 valence electrons. The van der Waals surface area contributed by atoms with Crippen LogP contribution in [0.4, 0.5) is 8.78 Å². The van der Waals surface area contributed by atoms with Gasteiger partial charge in [0.15, 0.2) is 0 Å². The zero-order valence-electron chi connectivity index (χ0n) is 9.09. The second-order valence-corrected chi connectivity index (χ2v) is 5.37. The molecule has 0 amide bonds. The van der Waals surface area contributed by atoms with Gasteiger partial charge in [-0.2, -0.15) is 0 Å². The summed E-state index contributed by atoms with van der Waals surface area (Å²) in [6, 6.07) is 8.70. The Kier molecular flexibility index (Phi) is 4.35. The summed E-state index contributed by atoms with van der Waals surface area (Å²) in [4.78, 5) is 0. The second kappa shape index (κ2) is 5.80. The number of hydrogen-bond acceptors (Lipinski definition) is 1. The molecule has 0 fully saturated rings. The standard InChI is InChI=1S/C13H8Br2F2O/c14-9-1-4-12(17)8(5-9)7-18-13-6-10(16)2-3-11(13)15/h1-6H,7H2. The largest absolute Gasteiger partial charge is 0.488 e. The number of benzene rings is 2. The molecule has 0 aliphatic rings. The highest BCUT2D eigenvalue weighted by atomic mass is 79.9. The summed E-state index contributed by atoms with van der Waals surface area (Å²) in [6.07, 6.45) is 0. The lowest BCUT2D eigenvalue weighted by Gasteiger charge is -2.09. The molecule has 0 aromatic heterocycles. The van der Waals surface area contributed by atoms with Gasteiger partial charge in [-0.25, -0.2) is 8.78 Å². The molecule has 0 saturated carbocycles. The third-order valence-electron chi connectivity index (χ3n) is 2.28. The molecule has 0 saturated heterocycles. The lowest BCUT2D eigenvalue weighted by molar-refractivity contribution is 0.296. The van der Waals surface area contributed by atoms with Gasteiger partial charge in [-0.1, -0.05) is 15.9 Å². The zero-order chi connectivity index (χ0) is 13.1. The summed E-state index contributed by atoms with van der Waals surface area (Å²) in [5.74, 6) is -0.414. The quantitative estimate of drug-likeness (QED) is 0.725. The lowest BCUT2D eigenvalue weighted by atomic mass is 10.2. The molecule has 0 aliphatic heterocycles. The summed E-state index contributed by atoms with van der Waals surface area (Å²) in [7, 11) is 0. The van der Waals surface area contributed by atoms with Gasteiger partial charge < -0.3 is 4.74 Å². The van der Waals surface area contributed by atoms with E-state index in [2.05, 4.69) is 31.9 Å². The smallest absolute Gasteiger partial charge is 0.136 e. The molecular formula is C13H8Br2F2O. The Balaban J connectivity index is 2.16. The lowest BCUT2D eigenvalue weighted by Crippen LogP contribution is -1.99. The Labute approximate surface area is 120 Å². The zero-order valence-corrected chi connectivity index (χ0v) is 12.3. The molecular weight excluding hydrogens is 370 g/mol. The van der Waals surface area contributed by atoms with Crippen molar-refractivity contribution in [3.05, 3.63) is 62.5 Å². The van der Waals surface area contributed by atoms with Gasteiger partial charge in [0.1, 0.15) is 24.0 Å². The molecule has 0 N–H and O–H groups in total. The van der Waals surface area contributed by atoms with Crippen molar-refractivity contribution in [1.29, 1.82) is 0 Å². The van der Waals surface area contributed by atoms with Crippen molar-refractivity contribution in [2.45, 2.75) is 6.61 Å². The second-order valence-electron chi connectivity index (χ2n) is 3.60. The molecule has 0 radical (unpaired) electrons. The Hall–Kier alpha value is -0.940. The van der Waals surface area contributed by atoms with E-state index in [9.17, 15) is 8.78 Å². The van der Waals surface area contributed by atoms with Gasteiger partial charge >= 0.3 is 0 Å². The first-order valence-corrected chi connectivity index (χ1v) is 6.66. The summed E-state index contributed by atoms with van der Waals surface area (Å²) >= 11 is 6.50. The average molecular weight is 378 g/mol. The highest BCUT2D eigenvalue weighted by Gasteiger charge is 2.07. The number of halogens is 4. The third kappa shape index (κ3) is 3.29. The van der Waals surface area contributed by atoms with Crippen LogP contribution in [0.3, 0.4) is 0 Å². The summed E-state index contributed by atoms with van der Waals surface area (Å²) in [5.41, 5.74) is 0.403. The van der Waals surface area contributed by atoms with E-state index in [1.165, 1.54) is 18.2 Å². The third-order valence-corrected chi connectivity index (χ3v) is 3.43. The predicted molar refractivity (Wildman–Crippen MR) is 72.5 cm³/mol. The highest BCUT2D eigenvalue weighted by Crippen LogP contribution is 2.27. The van der Waals surface area contributed by atoms with Gasteiger partial charge in [0.2, 0.25) is 0 Å². The Bertz CT molecular complexity index is 521. The Morgan fingerprint density at radius 3 is 2.56 bits per heavy atom. The summed E-state index contributed by atoms with van der Waals surface area (Å²) in [5, 5.41) is 0. The van der Waals surface area contributed by atoms with Crippen LogP contribution in [0.5, 0.6) is 5.75 Å². The van der Waals surface area contributed by atoms with E-state index in [0.29, 0.717) is 15.8 Å². The van der Waals surface area contributed by atoms with Gasteiger partial charge in [-0.05, 0) is 46.3 Å². The van der Waals surface area contributed by atoms with Crippen molar-refractivity contribution in [1.82, 2.24) is 0 Å². The molecule has 2 aromatic rings. The first kappa shape index (κ1) is 13.5. The van der Waals surface area contributed by atoms with Gasteiger partial charge in [-0.15, -0.1) is 0 Å². The molecule has 0 aliphatic carbocycles. The Morgan fingerprint density at radius 1 is 1.00 bits per heavy atom. The summed E-state index contributed by atoms with van der Waals surface area (Å²) < 4.78 is 33.3.